The minimum absolute atomic E-state index is 0.0336. The number of rotatable bonds is 3. The van der Waals surface area contributed by atoms with Gasteiger partial charge in [-0.25, -0.2) is 4.79 Å². The van der Waals surface area contributed by atoms with Crippen molar-refractivity contribution in [2.45, 2.75) is 79.2 Å². The predicted octanol–water partition coefficient (Wildman–Crippen LogP) is 5.96. The van der Waals surface area contributed by atoms with Gasteiger partial charge in [0.15, 0.2) is 11.6 Å². The van der Waals surface area contributed by atoms with Gasteiger partial charge in [0.1, 0.15) is 17.3 Å². The number of ketones is 2. The van der Waals surface area contributed by atoms with Gasteiger partial charge in [-0.05, 0) is 30.7 Å². The Balaban J connectivity index is 1.83. The van der Waals surface area contributed by atoms with Crippen LogP contribution < -0.4 is 10.1 Å². The molecule has 4 rings (SSSR count). The van der Waals surface area contributed by atoms with Crippen molar-refractivity contribution >= 4 is 23.3 Å². The van der Waals surface area contributed by atoms with Gasteiger partial charge in [-0.15, -0.1) is 0 Å². The molecule has 182 valence electrons. The fraction of sp³-hybridized carbons (Fsp3) is 0.519. The van der Waals surface area contributed by atoms with Crippen molar-refractivity contribution in [3.05, 3.63) is 46.4 Å². The smallest absolute Gasteiger partial charge is 0.411 e. The third-order valence-electron chi connectivity index (χ3n) is 6.50. The van der Waals surface area contributed by atoms with Crippen molar-refractivity contribution in [1.29, 1.82) is 0 Å². The number of allylic oxidation sites excluding steroid dienone is 4. The van der Waals surface area contributed by atoms with Gasteiger partial charge in [-0.2, -0.15) is 0 Å². The Morgan fingerprint density at radius 2 is 1.65 bits per heavy atom. The van der Waals surface area contributed by atoms with Crippen LogP contribution in [0.1, 0.15) is 78.7 Å². The molecule has 1 atom stereocenters. The summed E-state index contributed by atoms with van der Waals surface area (Å²) < 4.78 is 11.4. The first kappa shape index (κ1) is 24.0. The molecule has 1 aromatic rings. The zero-order valence-electron chi connectivity index (χ0n) is 20.7. The zero-order chi connectivity index (χ0) is 25.0. The van der Waals surface area contributed by atoms with E-state index in [9.17, 15) is 19.5 Å². The number of anilines is 1. The topological polar surface area (TPSA) is 102 Å². The van der Waals surface area contributed by atoms with Crippen molar-refractivity contribution < 1.29 is 29.0 Å². The lowest BCUT2D eigenvalue weighted by Crippen LogP contribution is -2.36. The lowest BCUT2D eigenvalue weighted by atomic mass is 9.66. The summed E-state index contributed by atoms with van der Waals surface area (Å²) in [6.45, 7) is 11.4. The largest absolute Gasteiger partial charge is 0.512 e. The molecule has 0 spiro atoms. The maximum absolute atomic E-state index is 13.3. The van der Waals surface area contributed by atoms with E-state index in [4.69, 9.17) is 9.47 Å². The van der Waals surface area contributed by atoms with E-state index >= 15 is 0 Å². The maximum Gasteiger partial charge on any atom is 0.411 e. The van der Waals surface area contributed by atoms with Crippen LogP contribution in [0.3, 0.4) is 0 Å². The molecular formula is C27H33NO6. The number of nitrogens with one attached hydrogen (secondary N) is 1. The number of Topliss-reactive ketones (excluding diaryl/α,β-unsaturated/α-hetero) is 2. The van der Waals surface area contributed by atoms with E-state index in [-0.39, 0.29) is 39.8 Å². The Labute approximate surface area is 200 Å². The van der Waals surface area contributed by atoms with Gasteiger partial charge in [-0.3, -0.25) is 14.9 Å². The van der Waals surface area contributed by atoms with Crippen LogP contribution in [0.4, 0.5) is 10.5 Å². The Morgan fingerprint density at radius 1 is 1.03 bits per heavy atom. The van der Waals surface area contributed by atoms with Crippen molar-refractivity contribution in [2.24, 2.45) is 10.8 Å². The Bertz CT molecular complexity index is 1140. The molecule has 1 heterocycles. The molecular weight excluding hydrogens is 434 g/mol. The molecule has 1 aliphatic heterocycles. The van der Waals surface area contributed by atoms with Gasteiger partial charge in [0.05, 0.1) is 12.0 Å². The molecule has 2 aliphatic carbocycles. The van der Waals surface area contributed by atoms with E-state index in [2.05, 4.69) is 5.32 Å². The number of hydrogen-bond acceptors (Lipinski definition) is 6. The maximum atomic E-state index is 13.3. The third kappa shape index (κ3) is 4.61. The predicted molar refractivity (Wildman–Crippen MR) is 128 cm³/mol. The highest BCUT2D eigenvalue weighted by atomic mass is 16.6. The van der Waals surface area contributed by atoms with E-state index < -0.39 is 12.0 Å². The molecule has 3 aliphatic rings. The van der Waals surface area contributed by atoms with Gasteiger partial charge >= 0.3 is 6.09 Å². The molecule has 0 fully saturated rings. The van der Waals surface area contributed by atoms with Crippen molar-refractivity contribution in [2.75, 3.05) is 5.32 Å². The second-order valence-corrected chi connectivity index (χ2v) is 11.4. The number of ether oxygens (including phenoxy) is 2. The first-order valence-electron chi connectivity index (χ1n) is 11.8. The summed E-state index contributed by atoms with van der Waals surface area (Å²) in [5.74, 6) is 0.100. The fourth-order valence-electron chi connectivity index (χ4n) is 5.21. The van der Waals surface area contributed by atoms with Gasteiger partial charge < -0.3 is 14.6 Å². The van der Waals surface area contributed by atoms with Gasteiger partial charge in [0.25, 0.3) is 0 Å². The number of fused-ring (bicyclic) bond motifs is 1. The van der Waals surface area contributed by atoms with E-state index in [1.807, 2.05) is 27.7 Å². The molecule has 2 N–H and O–H groups in total. The van der Waals surface area contributed by atoms with Gasteiger partial charge in [0.2, 0.25) is 0 Å². The van der Waals surface area contributed by atoms with Crippen LogP contribution in [0.5, 0.6) is 5.75 Å². The average Bonchev–Trinajstić information content (AvgIpc) is 2.63. The van der Waals surface area contributed by atoms with Crippen LogP contribution >= 0.6 is 0 Å². The number of benzene rings is 1. The average molecular weight is 468 g/mol. The molecule has 1 unspecified atom stereocenters. The first-order chi connectivity index (χ1) is 15.8. The number of carbonyl (C=O) groups excluding carboxylic acids is 3. The highest BCUT2D eigenvalue weighted by molar-refractivity contribution is 6.06. The number of aliphatic hydroxyl groups is 1. The van der Waals surface area contributed by atoms with Gasteiger partial charge in [-0.1, -0.05) is 33.8 Å². The Hall–Kier alpha value is -3.09. The summed E-state index contributed by atoms with van der Waals surface area (Å²) in [4.78, 5) is 38.7. The molecule has 34 heavy (non-hydrogen) atoms. The van der Waals surface area contributed by atoms with Crippen LogP contribution in [-0.2, 0) is 14.3 Å². The molecule has 0 radical (unpaired) electrons. The number of hydrogen-bond donors (Lipinski definition) is 2. The minimum atomic E-state index is -0.692. The summed E-state index contributed by atoms with van der Waals surface area (Å²) in [6, 6.07) is 5.11. The quantitative estimate of drug-likeness (QED) is 0.568. The second kappa shape index (κ2) is 8.29. The number of carbonyl (C=O) groups is 3. The molecule has 7 nitrogen and oxygen atoms in total. The third-order valence-corrected chi connectivity index (χ3v) is 6.50. The Morgan fingerprint density at radius 3 is 2.26 bits per heavy atom. The normalized spacial score (nSPS) is 23.3. The minimum Gasteiger partial charge on any atom is -0.512 e. The fourth-order valence-corrected chi connectivity index (χ4v) is 5.21. The highest BCUT2D eigenvalue weighted by Gasteiger charge is 2.46. The summed E-state index contributed by atoms with van der Waals surface area (Å²) >= 11 is 0. The molecule has 1 amide bonds. The van der Waals surface area contributed by atoms with E-state index in [1.54, 1.807) is 32.0 Å². The van der Waals surface area contributed by atoms with Crippen molar-refractivity contribution in [1.82, 2.24) is 0 Å². The molecule has 0 saturated heterocycles. The first-order valence-corrected chi connectivity index (χ1v) is 11.8. The monoisotopic (exact) mass is 467 g/mol. The second-order valence-electron chi connectivity index (χ2n) is 11.4. The van der Waals surface area contributed by atoms with Gasteiger partial charge in [0, 0.05) is 54.1 Å². The summed E-state index contributed by atoms with van der Waals surface area (Å²) in [6.07, 6.45) is 0.686. The molecule has 0 saturated carbocycles. The van der Waals surface area contributed by atoms with Crippen LogP contribution in [0.25, 0.3) is 0 Å². The van der Waals surface area contributed by atoms with E-state index in [1.165, 1.54) is 0 Å². The molecule has 0 aromatic heterocycles. The van der Waals surface area contributed by atoms with Crippen LogP contribution in [-0.4, -0.2) is 28.9 Å². The van der Waals surface area contributed by atoms with Crippen molar-refractivity contribution in [3.63, 3.8) is 0 Å². The van der Waals surface area contributed by atoms with E-state index in [0.717, 1.165) is 0 Å². The van der Waals surface area contributed by atoms with Crippen LogP contribution in [0.2, 0.25) is 0 Å². The molecule has 0 bridgehead atoms. The SMILES string of the molecule is CC(C)OC(=O)Nc1ccc2c(c1)OC1=C(C(=O)CC(C)(C)C1)C2C1=C(O)CC(C)(C)CC1=O. The van der Waals surface area contributed by atoms with Crippen LogP contribution in [0, 0.1) is 10.8 Å². The molecule has 7 heteroatoms. The van der Waals surface area contributed by atoms with Crippen LogP contribution in [0.15, 0.2) is 40.9 Å². The lowest BCUT2D eigenvalue weighted by molar-refractivity contribution is -0.119. The highest BCUT2D eigenvalue weighted by Crippen LogP contribution is 2.53. The summed E-state index contributed by atoms with van der Waals surface area (Å²) in [7, 11) is 0. The van der Waals surface area contributed by atoms with Crippen molar-refractivity contribution in [3.8, 4) is 5.75 Å². The standard InChI is InChI=1S/C27H33NO6/c1-14(2)33-25(32)28-15-7-8-16-20(9-15)34-21-13-27(5,6)12-19(31)24(21)22(16)23-17(29)10-26(3,4)11-18(23)30/h7-9,14,22,29H,10-13H2,1-6H3,(H,28,32). The number of amides is 1. The molecule has 1 aromatic carbocycles. The summed E-state index contributed by atoms with van der Waals surface area (Å²) in [5, 5.41) is 13.7. The number of aliphatic hydroxyl groups excluding tert-OH is 1. The zero-order valence-corrected chi connectivity index (χ0v) is 20.7. The van der Waals surface area contributed by atoms with E-state index in [0.29, 0.717) is 54.0 Å². The Kier molecular flexibility index (Phi) is 5.86. The summed E-state index contributed by atoms with van der Waals surface area (Å²) in [5.41, 5.74) is 1.21. The lowest BCUT2D eigenvalue weighted by Gasteiger charge is -2.40.